The molecule has 10 nitrogen and oxygen atoms in total. The van der Waals surface area contributed by atoms with Gasteiger partial charge in [0, 0.05) is 18.5 Å². The van der Waals surface area contributed by atoms with Crippen LogP contribution >= 0.6 is 23.2 Å². The summed E-state index contributed by atoms with van der Waals surface area (Å²) in [5, 5.41) is 10.8. The molecule has 1 aliphatic rings. The maximum Gasteiger partial charge on any atom is 0.266 e. The minimum absolute atomic E-state index is 0.0754. The van der Waals surface area contributed by atoms with Crippen LogP contribution in [0.25, 0.3) is 0 Å². The molecule has 2 aromatic rings. The standard InChI is InChI=1S/C24H29Cl2NO9S/c1-32-19-11-15(12-20(33-2)22(19)34-3)23(29)27-9-10-35-24(14-27,8-7-21(28)36-37(4,30)31)16-5-6-17(25)18(26)13-16/h5-6,11-13,21,28H,7-10,14H2,1-4H3/t21?,24-/m0/s1. The number of nitrogens with zero attached hydrogens (tertiary/aromatic N) is 1. The number of hydrogen-bond acceptors (Lipinski definition) is 9. The molecule has 13 heteroatoms. The van der Waals surface area contributed by atoms with Crippen LogP contribution in [0.5, 0.6) is 17.2 Å². The Hall–Kier alpha value is -2.28. The van der Waals surface area contributed by atoms with E-state index in [1.807, 2.05) is 0 Å². The summed E-state index contributed by atoms with van der Waals surface area (Å²) in [6, 6.07) is 8.06. The Morgan fingerprint density at radius 2 is 1.76 bits per heavy atom. The van der Waals surface area contributed by atoms with Crippen LogP contribution in [0, 0.1) is 0 Å². The van der Waals surface area contributed by atoms with E-state index in [0.29, 0.717) is 33.4 Å². The van der Waals surface area contributed by atoms with Crippen molar-refractivity contribution in [3.05, 3.63) is 51.5 Å². The molecule has 0 saturated carbocycles. The SMILES string of the molecule is COc1cc(C(=O)N2CCO[C@](CCC(O)OS(C)(=O)=O)(c3ccc(Cl)c(Cl)c3)C2)cc(OC)c1OC. The van der Waals surface area contributed by atoms with Crippen molar-refractivity contribution in [1.29, 1.82) is 0 Å². The quantitative estimate of drug-likeness (QED) is 0.334. The summed E-state index contributed by atoms with van der Waals surface area (Å²) in [6.45, 7) is 0.520. The predicted octanol–water partition coefficient (Wildman–Crippen LogP) is 3.46. The molecule has 1 unspecified atom stereocenters. The Labute approximate surface area is 226 Å². The van der Waals surface area contributed by atoms with Crippen molar-refractivity contribution in [2.24, 2.45) is 0 Å². The molecule has 1 saturated heterocycles. The van der Waals surface area contributed by atoms with Crippen LogP contribution in [0.2, 0.25) is 10.0 Å². The molecule has 37 heavy (non-hydrogen) atoms. The monoisotopic (exact) mass is 577 g/mol. The van der Waals surface area contributed by atoms with E-state index < -0.39 is 22.0 Å². The highest BCUT2D eigenvalue weighted by Gasteiger charge is 2.41. The van der Waals surface area contributed by atoms with Crippen LogP contribution in [-0.2, 0) is 24.6 Å². The Bertz CT molecular complexity index is 1220. The first-order valence-corrected chi connectivity index (χ1v) is 13.8. The molecule has 1 amide bonds. The van der Waals surface area contributed by atoms with E-state index in [0.717, 1.165) is 6.26 Å². The number of carbonyl (C=O) groups is 1. The number of aliphatic hydroxyl groups excluding tert-OH is 1. The van der Waals surface area contributed by atoms with Gasteiger partial charge in [-0.25, -0.2) is 4.18 Å². The lowest BCUT2D eigenvalue weighted by Gasteiger charge is -2.43. The van der Waals surface area contributed by atoms with Crippen LogP contribution < -0.4 is 14.2 Å². The molecule has 1 fully saturated rings. The molecule has 0 bridgehead atoms. The van der Waals surface area contributed by atoms with E-state index in [4.69, 9.17) is 42.1 Å². The van der Waals surface area contributed by atoms with Crippen molar-refractivity contribution in [1.82, 2.24) is 4.90 Å². The molecule has 0 aliphatic carbocycles. The van der Waals surface area contributed by atoms with Crippen molar-refractivity contribution in [2.75, 3.05) is 47.3 Å². The van der Waals surface area contributed by atoms with Gasteiger partial charge in [0.2, 0.25) is 5.75 Å². The minimum atomic E-state index is -3.88. The zero-order chi connectivity index (χ0) is 27.4. The fourth-order valence-corrected chi connectivity index (χ4v) is 5.00. The number of methoxy groups -OCH3 is 3. The van der Waals surface area contributed by atoms with Crippen molar-refractivity contribution >= 4 is 39.2 Å². The van der Waals surface area contributed by atoms with Crippen molar-refractivity contribution < 1.29 is 41.4 Å². The lowest BCUT2D eigenvalue weighted by molar-refractivity contribution is -0.123. The van der Waals surface area contributed by atoms with Crippen LogP contribution in [-0.4, -0.2) is 77.9 Å². The molecule has 1 heterocycles. The minimum Gasteiger partial charge on any atom is -0.493 e. The number of rotatable bonds is 10. The van der Waals surface area contributed by atoms with Gasteiger partial charge in [-0.1, -0.05) is 29.3 Å². The van der Waals surface area contributed by atoms with Crippen molar-refractivity contribution in [2.45, 2.75) is 24.7 Å². The molecule has 3 rings (SSSR count). The highest BCUT2D eigenvalue weighted by molar-refractivity contribution is 7.86. The highest BCUT2D eigenvalue weighted by Crippen LogP contribution is 2.41. The van der Waals surface area contributed by atoms with Gasteiger partial charge < -0.3 is 29.0 Å². The van der Waals surface area contributed by atoms with E-state index in [2.05, 4.69) is 4.18 Å². The first kappa shape index (κ1) is 29.3. The number of morpholine rings is 1. The summed E-state index contributed by atoms with van der Waals surface area (Å²) in [4.78, 5) is 15.2. The molecule has 0 aromatic heterocycles. The maximum absolute atomic E-state index is 13.6. The number of benzene rings is 2. The second-order valence-corrected chi connectivity index (χ2v) is 10.8. The molecular weight excluding hydrogens is 549 g/mol. The number of carbonyl (C=O) groups excluding carboxylic acids is 1. The smallest absolute Gasteiger partial charge is 0.266 e. The van der Waals surface area contributed by atoms with Gasteiger partial charge in [0.1, 0.15) is 5.60 Å². The Kier molecular flexibility index (Phi) is 9.54. The second kappa shape index (κ2) is 12.1. The number of aliphatic hydroxyl groups is 1. The van der Waals surface area contributed by atoms with Gasteiger partial charge in [-0.15, -0.1) is 0 Å². The van der Waals surface area contributed by atoms with E-state index in [1.54, 1.807) is 35.2 Å². The summed E-state index contributed by atoms with van der Waals surface area (Å²) >= 11 is 12.4. The number of amides is 1. The van der Waals surface area contributed by atoms with Gasteiger partial charge in [-0.05, 0) is 36.2 Å². The van der Waals surface area contributed by atoms with Crippen molar-refractivity contribution in [3.8, 4) is 17.2 Å². The van der Waals surface area contributed by atoms with Crippen LogP contribution in [0.1, 0.15) is 28.8 Å². The van der Waals surface area contributed by atoms with Gasteiger partial charge in [-0.3, -0.25) is 4.79 Å². The van der Waals surface area contributed by atoms with Crippen LogP contribution in [0.4, 0.5) is 0 Å². The Balaban J connectivity index is 1.96. The molecule has 2 aromatic carbocycles. The molecule has 2 atom stereocenters. The lowest BCUT2D eigenvalue weighted by Crippen LogP contribution is -2.52. The fraction of sp³-hybridized carbons (Fsp3) is 0.458. The summed E-state index contributed by atoms with van der Waals surface area (Å²) in [6.07, 6.45) is -0.737. The van der Waals surface area contributed by atoms with E-state index in [1.165, 1.54) is 21.3 Å². The predicted molar refractivity (Wildman–Crippen MR) is 137 cm³/mol. The van der Waals surface area contributed by atoms with E-state index in [9.17, 15) is 18.3 Å². The van der Waals surface area contributed by atoms with Crippen LogP contribution in [0.15, 0.2) is 30.3 Å². The average Bonchev–Trinajstić information content (AvgIpc) is 2.86. The third-order valence-electron chi connectivity index (χ3n) is 5.91. The first-order valence-electron chi connectivity index (χ1n) is 11.2. The largest absolute Gasteiger partial charge is 0.493 e. The van der Waals surface area contributed by atoms with E-state index >= 15 is 0 Å². The average molecular weight is 578 g/mol. The summed E-state index contributed by atoms with van der Waals surface area (Å²) in [5.74, 6) is 0.693. The number of halogens is 2. The first-order chi connectivity index (χ1) is 17.4. The fourth-order valence-electron chi connectivity index (χ4n) is 4.20. The lowest BCUT2D eigenvalue weighted by atomic mass is 9.86. The molecule has 0 spiro atoms. The summed E-state index contributed by atoms with van der Waals surface area (Å²) in [7, 11) is 0.505. The zero-order valence-electron chi connectivity index (χ0n) is 20.8. The zero-order valence-corrected chi connectivity index (χ0v) is 23.2. The molecule has 0 radical (unpaired) electrons. The van der Waals surface area contributed by atoms with Crippen LogP contribution in [0.3, 0.4) is 0 Å². The van der Waals surface area contributed by atoms with Gasteiger partial charge in [0.25, 0.3) is 16.0 Å². The maximum atomic E-state index is 13.6. The Morgan fingerprint density at radius 3 is 2.30 bits per heavy atom. The van der Waals surface area contributed by atoms with Gasteiger partial charge in [-0.2, -0.15) is 8.42 Å². The summed E-state index contributed by atoms with van der Waals surface area (Å²) in [5.41, 5.74) is -0.222. The van der Waals surface area contributed by atoms with Gasteiger partial charge >= 0.3 is 0 Å². The third-order valence-corrected chi connectivity index (χ3v) is 7.22. The second-order valence-electron chi connectivity index (χ2n) is 8.41. The third kappa shape index (κ3) is 6.98. The molecular formula is C24H29Cl2NO9S. The van der Waals surface area contributed by atoms with E-state index in [-0.39, 0.29) is 43.5 Å². The molecule has 204 valence electrons. The number of ether oxygens (including phenoxy) is 4. The normalized spacial score (nSPS) is 18.8. The highest BCUT2D eigenvalue weighted by atomic mass is 35.5. The molecule has 1 aliphatic heterocycles. The van der Waals surface area contributed by atoms with Gasteiger partial charge in [0.15, 0.2) is 17.8 Å². The topological polar surface area (TPSA) is 121 Å². The van der Waals surface area contributed by atoms with Crippen molar-refractivity contribution in [3.63, 3.8) is 0 Å². The van der Waals surface area contributed by atoms with Gasteiger partial charge in [0.05, 0.1) is 50.8 Å². The Morgan fingerprint density at radius 1 is 1.11 bits per heavy atom. The number of hydrogen-bond donors (Lipinski definition) is 1. The molecule has 1 N–H and O–H groups in total. The summed E-state index contributed by atoms with van der Waals surface area (Å²) < 4.78 is 49.9.